The van der Waals surface area contributed by atoms with Crippen LogP contribution in [0.5, 0.6) is 0 Å². The maximum atomic E-state index is 12.0. The number of likely N-dealkylation sites (tertiary alicyclic amines) is 1. The van der Waals surface area contributed by atoms with Crippen LogP contribution in [0.4, 0.5) is 0 Å². The normalized spacial score (nSPS) is 15.4. The van der Waals surface area contributed by atoms with Gasteiger partial charge < -0.3 is 14.4 Å². The largest absolute Gasteiger partial charge is 0.475 e. The van der Waals surface area contributed by atoms with E-state index in [1.54, 1.807) is 4.90 Å². The Balaban J connectivity index is 2.07. The number of nitrogens with zero attached hydrogens (tertiary/aromatic N) is 1. The Hall–Kier alpha value is -1.39. The van der Waals surface area contributed by atoms with Crippen LogP contribution in [0.3, 0.4) is 0 Å². The van der Waals surface area contributed by atoms with Crippen LogP contribution in [0.25, 0.3) is 0 Å². The summed E-state index contributed by atoms with van der Waals surface area (Å²) in [7, 11) is -4.03. The van der Waals surface area contributed by atoms with Gasteiger partial charge in [0.1, 0.15) is 4.90 Å². The lowest BCUT2D eigenvalue weighted by molar-refractivity contribution is -0.128. The lowest BCUT2D eigenvalue weighted by Gasteiger charge is -2.15. The van der Waals surface area contributed by atoms with Crippen molar-refractivity contribution in [3.63, 3.8) is 0 Å². The molecule has 10 heteroatoms. The second kappa shape index (κ2) is 6.16. The number of amides is 1. The minimum absolute atomic E-state index is 0.221. The Kier molecular flexibility index (Phi) is 4.69. The number of carboxylic acid groups (broad SMARTS) is 1. The first-order chi connectivity index (χ1) is 9.81. The van der Waals surface area contributed by atoms with Gasteiger partial charge >= 0.3 is 5.97 Å². The van der Waals surface area contributed by atoms with Gasteiger partial charge in [-0.3, -0.25) is 4.79 Å². The standard InChI is InChI=1S/C11H13BrN2O6S/c12-10-8(5-7(20-10)11(16)17)21(18,19)13-6-9(15)14-3-1-2-4-14/h5,13H,1-4,6H2,(H,16,17). The SMILES string of the molecule is O=C(O)c1cc(S(=O)(=O)NCC(=O)N2CCCC2)c(Br)o1. The van der Waals surface area contributed by atoms with Crippen LogP contribution in [-0.4, -0.2) is 49.9 Å². The van der Waals surface area contributed by atoms with Gasteiger partial charge in [-0.15, -0.1) is 0 Å². The van der Waals surface area contributed by atoms with E-state index in [2.05, 4.69) is 20.7 Å². The van der Waals surface area contributed by atoms with Crippen molar-refractivity contribution in [3.05, 3.63) is 16.5 Å². The lowest BCUT2D eigenvalue weighted by Crippen LogP contribution is -2.38. The summed E-state index contributed by atoms with van der Waals surface area (Å²) in [5, 5.41) is 8.76. The van der Waals surface area contributed by atoms with Crippen molar-refractivity contribution in [2.75, 3.05) is 19.6 Å². The summed E-state index contributed by atoms with van der Waals surface area (Å²) >= 11 is 2.85. The van der Waals surface area contributed by atoms with Crippen LogP contribution in [0.1, 0.15) is 23.4 Å². The number of nitrogens with one attached hydrogen (secondary N) is 1. The van der Waals surface area contributed by atoms with Crippen LogP contribution in [-0.2, 0) is 14.8 Å². The molecule has 0 bridgehead atoms. The number of carbonyl (C=O) groups is 2. The van der Waals surface area contributed by atoms with E-state index in [4.69, 9.17) is 9.52 Å². The van der Waals surface area contributed by atoms with E-state index in [0.29, 0.717) is 13.1 Å². The zero-order chi connectivity index (χ0) is 15.6. The van der Waals surface area contributed by atoms with E-state index in [-0.39, 0.29) is 22.0 Å². The average molecular weight is 381 g/mol. The number of aromatic carboxylic acids is 1. The minimum Gasteiger partial charge on any atom is -0.475 e. The Morgan fingerprint density at radius 2 is 2.00 bits per heavy atom. The van der Waals surface area contributed by atoms with Crippen LogP contribution >= 0.6 is 15.9 Å². The molecular formula is C11H13BrN2O6S. The van der Waals surface area contributed by atoms with Crippen molar-refractivity contribution < 1.29 is 27.5 Å². The van der Waals surface area contributed by atoms with Gasteiger partial charge in [0.2, 0.25) is 21.7 Å². The molecule has 0 saturated carbocycles. The molecule has 21 heavy (non-hydrogen) atoms. The van der Waals surface area contributed by atoms with Gasteiger partial charge in [-0.05, 0) is 28.8 Å². The molecule has 2 rings (SSSR count). The first kappa shape index (κ1) is 16.0. The maximum absolute atomic E-state index is 12.0. The fourth-order valence-electron chi connectivity index (χ4n) is 1.95. The highest BCUT2D eigenvalue weighted by atomic mass is 79.9. The summed E-state index contributed by atoms with van der Waals surface area (Å²) in [6.45, 7) is 0.876. The third-order valence-electron chi connectivity index (χ3n) is 3.03. The van der Waals surface area contributed by atoms with Crippen molar-refractivity contribution in [2.24, 2.45) is 0 Å². The maximum Gasteiger partial charge on any atom is 0.371 e. The third kappa shape index (κ3) is 3.63. The topological polar surface area (TPSA) is 117 Å². The molecule has 0 spiro atoms. The molecule has 2 N–H and O–H groups in total. The van der Waals surface area contributed by atoms with Crippen LogP contribution in [0.15, 0.2) is 20.0 Å². The molecule has 0 aliphatic carbocycles. The zero-order valence-electron chi connectivity index (χ0n) is 10.8. The molecule has 2 heterocycles. The summed E-state index contributed by atoms with van der Waals surface area (Å²) in [6, 6.07) is 0.884. The molecular weight excluding hydrogens is 368 g/mol. The molecule has 0 atom stereocenters. The summed E-state index contributed by atoms with van der Waals surface area (Å²) < 4.78 is 30.8. The highest BCUT2D eigenvalue weighted by molar-refractivity contribution is 9.10. The second-order valence-electron chi connectivity index (χ2n) is 4.47. The van der Waals surface area contributed by atoms with Crippen molar-refractivity contribution >= 4 is 37.8 Å². The molecule has 1 aliphatic heterocycles. The number of sulfonamides is 1. The summed E-state index contributed by atoms with van der Waals surface area (Å²) in [5.74, 6) is -2.20. The first-order valence-corrected chi connectivity index (χ1v) is 8.39. The van der Waals surface area contributed by atoms with E-state index < -0.39 is 21.8 Å². The van der Waals surface area contributed by atoms with Gasteiger partial charge in [0.25, 0.3) is 0 Å². The molecule has 1 aliphatic rings. The van der Waals surface area contributed by atoms with Crippen LogP contribution in [0.2, 0.25) is 0 Å². The fourth-order valence-corrected chi connectivity index (χ4v) is 3.87. The second-order valence-corrected chi connectivity index (χ2v) is 6.92. The average Bonchev–Trinajstić information content (AvgIpc) is 3.05. The highest BCUT2D eigenvalue weighted by Crippen LogP contribution is 2.26. The van der Waals surface area contributed by atoms with E-state index in [0.717, 1.165) is 18.9 Å². The Bertz CT molecular complexity index is 662. The number of rotatable bonds is 5. The zero-order valence-corrected chi connectivity index (χ0v) is 13.2. The third-order valence-corrected chi connectivity index (χ3v) is 5.29. The summed E-state index contributed by atoms with van der Waals surface area (Å²) in [5.41, 5.74) is 0. The molecule has 1 amide bonds. The Morgan fingerprint density at radius 3 is 2.52 bits per heavy atom. The smallest absolute Gasteiger partial charge is 0.371 e. The number of carboxylic acids is 1. The van der Waals surface area contributed by atoms with Crippen molar-refractivity contribution in [1.29, 1.82) is 0 Å². The summed E-state index contributed by atoms with van der Waals surface area (Å²) in [4.78, 5) is 23.8. The van der Waals surface area contributed by atoms with E-state index in [9.17, 15) is 18.0 Å². The Labute approximate surface area is 129 Å². The quantitative estimate of drug-likeness (QED) is 0.773. The number of hydrogen-bond donors (Lipinski definition) is 2. The fraction of sp³-hybridized carbons (Fsp3) is 0.455. The predicted molar refractivity (Wildman–Crippen MR) is 74.4 cm³/mol. The molecule has 0 aromatic carbocycles. The predicted octanol–water partition coefficient (Wildman–Crippen LogP) is 0.641. The molecule has 1 saturated heterocycles. The van der Waals surface area contributed by atoms with Gasteiger partial charge in [-0.25, -0.2) is 17.9 Å². The van der Waals surface area contributed by atoms with Gasteiger partial charge in [-0.1, -0.05) is 0 Å². The number of carbonyl (C=O) groups excluding carboxylic acids is 1. The van der Waals surface area contributed by atoms with Gasteiger partial charge in [0.05, 0.1) is 6.54 Å². The van der Waals surface area contributed by atoms with E-state index in [1.807, 2.05) is 0 Å². The minimum atomic E-state index is -4.03. The molecule has 1 fully saturated rings. The first-order valence-electron chi connectivity index (χ1n) is 6.11. The van der Waals surface area contributed by atoms with E-state index in [1.165, 1.54) is 0 Å². The number of furan rings is 1. The van der Waals surface area contributed by atoms with Crippen LogP contribution in [0, 0.1) is 0 Å². The highest BCUT2D eigenvalue weighted by Gasteiger charge is 2.26. The van der Waals surface area contributed by atoms with Crippen LogP contribution < -0.4 is 4.72 Å². The monoisotopic (exact) mass is 380 g/mol. The van der Waals surface area contributed by atoms with Crippen molar-refractivity contribution in [2.45, 2.75) is 17.7 Å². The molecule has 1 aromatic rings. The van der Waals surface area contributed by atoms with E-state index >= 15 is 0 Å². The molecule has 1 aromatic heterocycles. The summed E-state index contributed by atoms with van der Waals surface area (Å²) in [6.07, 6.45) is 1.82. The molecule has 0 unspecified atom stereocenters. The Morgan fingerprint density at radius 1 is 1.38 bits per heavy atom. The van der Waals surface area contributed by atoms with Gasteiger partial charge in [0, 0.05) is 19.2 Å². The number of halogens is 1. The van der Waals surface area contributed by atoms with Crippen molar-refractivity contribution in [1.82, 2.24) is 9.62 Å². The molecule has 8 nitrogen and oxygen atoms in total. The van der Waals surface area contributed by atoms with Gasteiger partial charge in [0.15, 0.2) is 4.67 Å². The lowest BCUT2D eigenvalue weighted by atomic mass is 10.4. The number of hydrogen-bond acceptors (Lipinski definition) is 5. The molecule has 116 valence electrons. The van der Waals surface area contributed by atoms with Crippen molar-refractivity contribution in [3.8, 4) is 0 Å². The molecule has 0 radical (unpaired) electrons. The van der Waals surface area contributed by atoms with Gasteiger partial charge in [-0.2, -0.15) is 0 Å².